The van der Waals surface area contributed by atoms with E-state index in [4.69, 9.17) is 46.4 Å². The van der Waals surface area contributed by atoms with Gasteiger partial charge in [-0.3, -0.25) is 9.59 Å². The third-order valence-electron chi connectivity index (χ3n) is 4.66. The standard InChI is InChI=1S/C23H12Cl4N2O3/c24-11-5-7-17(15(26)9-11)28-23(29-18-8-6-12(25)10-16(18)27)19-20(30)13-3-1-2-4-14(13)21(31)22(19)32/h1-10,30H,(H,28,29). The van der Waals surface area contributed by atoms with Gasteiger partial charge in [-0.15, -0.1) is 0 Å². The summed E-state index contributed by atoms with van der Waals surface area (Å²) in [5, 5.41) is 15.1. The summed E-state index contributed by atoms with van der Waals surface area (Å²) in [6.45, 7) is 0. The molecule has 0 unspecified atom stereocenters. The van der Waals surface area contributed by atoms with E-state index in [1.807, 2.05) is 0 Å². The highest BCUT2D eigenvalue weighted by atomic mass is 35.5. The van der Waals surface area contributed by atoms with Crippen molar-refractivity contribution >= 4 is 80.9 Å². The lowest BCUT2D eigenvalue weighted by Crippen LogP contribution is -2.31. The molecule has 1 aliphatic rings. The lowest BCUT2D eigenvalue weighted by atomic mass is 9.88. The van der Waals surface area contributed by atoms with Crippen molar-refractivity contribution in [2.45, 2.75) is 0 Å². The summed E-state index contributed by atoms with van der Waals surface area (Å²) >= 11 is 24.5. The van der Waals surface area contributed by atoms with E-state index in [9.17, 15) is 14.7 Å². The zero-order valence-corrected chi connectivity index (χ0v) is 19.0. The Hall–Kier alpha value is -2.83. The number of ketones is 2. The quantitative estimate of drug-likeness (QED) is 0.224. The number of Topliss-reactive ketones (excluding diaryl/α,β-unsaturated/α-hetero) is 2. The number of aliphatic imine (C=N–C) groups is 1. The Kier molecular flexibility index (Phi) is 6.26. The van der Waals surface area contributed by atoms with Crippen molar-refractivity contribution in [3.05, 3.63) is 97.5 Å². The maximum atomic E-state index is 13.0. The molecule has 0 radical (unpaired) electrons. The topological polar surface area (TPSA) is 78.8 Å². The second-order valence-corrected chi connectivity index (χ2v) is 8.42. The molecule has 5 nitrogen and oxygen atoms in total. The normalized spacial score (nSPS) is 13.9. The Balaban J connectivity index is 1.94. The first-order valence-corrected chi connectivity index (χ1v) is 10.7. The van der Waals surface area contributed by atoms with Crippen molar-refractivity contribution in [1.29, 1.82) is 0 Å². The Bertz CT molecular complexity index is 1350. The van der Waals surface area contributed by atoms with Gasteiger partial charge in [0.25, 0.3) is 0 Å². The lowest BCUT2D eigenvalue weighted by Gasteiger charge is -2.20. The van der Waals surface area contributed by atoms with Gasteiger partial charge in [0.05, 0.1) is 21.4 Å². The second-order valence-electron chi connectivity index (χ2n) is 6.73. The van der Waals surface area contributed by atoms with Crippen LogP contribution in [-0.2, 0) is 4.79 Å². The molecule has 0 atom stereocenters. The molecule has 4 rings (SSSR count). The van der Waals surface area contributed by atoms with Crippen LogP contribution in [0.3, 0.4) is 0 Å². The first-order chi connectivity index (χ1) is 15.3. The SMILES string of the molecule is O=C1C(=O)c2ccccc2C(O)=C1C(=Nc1ccc(Cl)cc1Cl)Nc1ccc(Cl)cc1Cl. The molecule has 0 heterocycles. The fourth-order valence-electron chi connectivity index (χ4n) is 3.14. The van der Waals surface area contributed by atoms with Crippen LogP contribution in [0.15, 0.2) is 71.2 Å². The first kappa shape index (κ1) is 22.4. The first-order valence-electron chi connectivity index (χ1n) is 9.14. The van der Waals surface area contributed by atoms with Gasteiger partial charge >= 0.3 is 0 Å². The summed E-state index contributed by atoms with van der Waals surface area (Å²) < 4.78 is 0. The molecule has 0 bridgehead atoms. The monoisotopic (exact) mass is 504 g/mol. The second kappa shape index (κ2) is 8.96. The number of anilines is 1. The third-order valence-corrected chi connectivity index (χ3v) is 5.75. The van der Waals surface area contributed by atoms with E-state index in [0.29, 0.717) is 15.7 Å². The smallest absolute Gasteiger partial charge is 0.241 e. The van der Waals surface area contributed by atoms with Crippen molar-refractivity contribution in [3.63, 3.8) is 0 Å². The van der Waals surface area contributed by atoms with Gasteiger partial charge in [-0.05, 0) is 36.4 Å². The van der Waals surface area contributed by atoms with E-state index in [1.54, 1.807) is 30.3 Å². The molecule has 0 amide bonds. The maximum Gasteiger partial charge on any atom is 0.241 e. The Morgan fingerprint density at radius 2 is 1.41 bits per heavy atom. The molecule has 0 aromatic heterocycles. The summed E-state index contributed by atoms with van der Waals surface area (Å²) in [4.78, 5) is 30.2. The van der Waals surface area contributed by atoms with Crippen LogP contribution in [0.25, 0.3) is 5.76 Å². The molecule has 3 aromatic carbocycles. The van der Waals surface area contributed by atoms with E-state index in [1.165, 1.54) is 30.3 Å². The van der Waals surface area contributed by atoms with E-state index in [-0.39, 0.29) is 38.3 Å². The summed E-state index contributed by atoms with van der Waals surface area (Å²) in [5.74, 6) is -2.22. The number of fused-ring (bicyclic) bond motifs is 1. The zero-order valence-electron chi connectivity index (χ0n) is 16.0. The van der Waals surface area contributed by atoms with Gasteiger partial charge in [0.1, 0.15) is 17.2 Å². The predicted molar refractivity (Wildman–Crippen MR) is 129 cm³/mol. The molecule has 2 N–H and O–H groups in total. The van der Waals surface area contributed by atoms with Gasteiger partial charge in [0.2, 0.25) is 11.6 Å². The molecule has 0 saturated carbocycles. The van der Waals surface area contributed by atoms with Crippen LogP contribution in [0, 0.1) is 0 Å². The molecular weight excluding hydrogens is 494 g/mol. The number of aliphatic hydroxyl groups is 1. The van der Waals surface area contributed by atoms with Crippen molar-refractivity contribution < 1.29 is 14.7 Å². The van der Waals surface area contributed by atoms with Crippen LogP contribution in [0.4, 0.5) is 11.4 Å². The van der Waals surface area contributed by atoms with Gasteiger partial charge in [-0.25, -0.2) is 4.99 Å². The van der Waals surface area contributed by atoms with E-state index >= 15 is 0 Å². The Morgan fingerprint density at radius 1 is 0.781 bits per heavy atom. The molecule has 0 fully saturated rings. The van der Waals surface area contributed by atoms with Crippen LogP contribution in [0.5, 0.6) is 0 Å². The van der Waals surface area contributed by atoms with Gasteiger partial charge in [-0.1, -0.05) is 70.7 Å². The average Bonchev–Trinajstić information content (AvgIpc) is 2.76. The van der Waals surface area contributed by atoms with Crippen molar-refractivity contribution in [1.82, 2.24) is 0 Å². The molecule has 160 valence electrons. The van der Waals surface area contributed by atoms with Gasteiger partial charge in [0.15, 0.2) is 0 Å². The average molecular weight is 506 g/mol. The summed E-state index contributed by atoms with van der Waals surface area (Å²) in [5.41, 5.74) is 0.603. The van der Waals surface area contributed by atoms with E-state index in [2.05, 4.69) is 10.3 Å². The molecule has 0 spiro atoms. The number of carbonyl (C=O) groups excluding carboxylic acids is 2. The highest BCUT2D eigenvalue weighted by Crippen LogP contribution is 2.34. The highest BCUT2D eigenvalue weighted by molar-refractivity contribution is 6.58. The van der Waals surface area contributed by atoms with Gasteiger partial charge in [-0.2, -0.15) is 0 Å². The fraction of sp³-hybridized carbons (Fsp3) is 0. The zero-order chi connectivity index (χ0) is 23.0. The van der Waals surface area contributed by atoms with Crippen molar-refractivity contribution in [3.8, 4) is 0 Å². The minimum Gasteiger partial charge on any atom is -0.506 e. The molecule has 0 aliphatic heterocycles. The van der Waals surface area contributed by atoms with Crippen LogP contribution in [0.2, 0.25) is 20.1 Å². The molecule has 1 aliphatic carbocycles. The number of nitrogens with zero attached hydrogens (tertiary/aromatic N) is 1. The van der Waals surface area contributed by atoms with Crippen LogP contribution in [0.1, 0.15) is 15.9 Å². The van der Waals surface area contributed by atoms with Gasteiger partial charge in [0, 0.05) is 21.2 Å². The number of amidine groups is 1. The molecule has 3 aromatic rings. The van der Waals surface area contributed by atoms with Gasteiger partial charge < -0.3 is 10.4 Å². The minimum atomic E-state index is -0.928. The predicted octanol–water partition coefficient (Wildman–Crippen LogP) is 7.18. The van der Waals surface area contributed by atoms with Crippen molar-refractivity contribution in [2.24, 2.45) is 4.99 Å². The number of aliphatic hydroxyl groups excluding tert-OH is 1. The molecule has 0 saturated heterocycles. The number of rotatable bonds is 3. The minimum absolute atomic E-state index is 0.104. The summed E-state index contributed by atoms with van der Waals surface area (Å²) in [7, 11) is 0. The maximum absolute atomic E-state index is 13.0. The molecular formula is C23H12Cl4N2O3. The Morgan fingerprint density at radius 3 is 2.06 bits per heavy atom. The van der Waals surface area contributed by atoms with Crippen LogP contribution < -0.4 is 5.32 Å². The lowest BCUT2D eigenvalue weighted by molar-refractivity contribution is -0.111. The number of hydrogen-bond donors (Lipinski definition) is 2. The largest absolute Gasteiger partial charge is 0.506 e. The van der Waals surface area contributed by atoms with Crippen LogP contribution >= 0.6 is 46.4 Å². The summed E-state index contributed by atoms with van der Waals surface area (Å²) in [6, 6.07) is 15.5. The molecule has 32 heavy (non-hydrogen) atoms. The summed E-state index contributed by atoms with van der Waals surface area (Å²) in [6.07, 6.45) is 0. The highest BCUT2D eigenvalue weighted by Gasteiger charge is 2.35. The number of carbonyl (C=O) groups is 2. The number of benzene rings is 3. The third kappa shape index (κ3) is 4.25. The van der Waals surface area contributed by atoms with Crippen molar-refractivity contribution in [2.75, 3.05) is 5.32 Å². The number of halogens is 4. The van der Waals surface area contributed by atoms with Crippen LogP contribution in [-0.4, -0.2) is 22.5 Å². The van der Waals surface area contributed by atoms with E-state index < -0.39 is 17.3 Å². The number of hydrogen-bond acceptors (Lipinski definition) is 4. The fourth-order valence-corrected chi connectivity index (χ4v) is 4.05. The Labute approximate surface area is 202 Å². The van der Waals surface area contributed by atoms with E-state index in [0.717, 1.165) is 0 Å². The number of nitrogens with one attached hydrogen (secondary N) is 1. The molecule has 9 heteroatoms.